The molecular formula is C17H14BrN5O2. The third-order valence-electron chi connectivity index (χ3n) is 3.16. The molecule has 0 saturated carbocycles. The number of nitrogens with one attached hydrogen (secondary N) is 1. The van der Waals surface area contributed by atoms with Crippen molar-refractivity contribution < 1.29 is 9.53 Å². The molecule has 0 atom stereocenters. The Bertz CT molecular complexity index is 889. The highest BCUT2D eigenvalue weighted by molar-refractivity contribution is 9.10. The van der Waals surface area contributed by atoms with Crippen LogP contribution in [0.1, 0.15) is 16.2 Å². The van der Waals surface area contributed by atoms with Crippen LogP contribution < -0.4 is 11.1 Å². The van der Waals surface area contributed by atoms with Crippen molar-refractivity contribution >= 4 is 39.5 Å². The SMILES string of the molecule is Nc1nc(COC(=O)c2ccccc2Br)nc(Nc2ccccc2)n1. The number of hydrogen-bond acceptors (Lipinski definition) is 7. The lowest BCUT2D eigenvalue weighted by Gasteiger charge is -2.08. The molecule has 2 aromatic carbocycles. The number of ether oxygens (including phenoxy) is 1. The molecule has 0 saturated heterocycles. The van der Waals surface area contributed by atoms with Gasteiger partial charge in [-0.1, -0.05) is 30.3 Å². The van der Waals surface area contributed by atoms with Crippen molar-refractivity contribution in [3.63, 3.8) is 0 Å². The summed E-state index contributed by atoms with van der Waals surface area (Å²) in [5, 5.41) is 3.02. The first-order valence-electron chi connectivity index (χ1n) is 7.36. The van der Waals surface area contributed by atoms with Crippen LogP contribution in [0.15, 0.2) is 59.1 Å². The van der Waals surface area contributed by atoms with Gasteiger partial charge in [-0.15, -0.1) is 0 Å². The first kappa shape index (κ1) is 16.8. The number of nitrogens with zero attached hydrogens (tertiary/aromatic N) is 3. The van der Waals surface area contributed by atoms with Gasteiger partial charge in [0.15, 0.2) is 12.4 Å². The Labute approximate surface area is 152 Å². The fraction of sp³-hybridized carbons (Fsp3) is 0.0588. The molecule has 0 amide bonds. The highest BCUT2D eigenvalue weighted by Gasteiger charge is 2.13. The number of nitrogen functional groups attached to an aromatic ring is 1. The van der Waals surface area contributed by atoms with Gasteiger partial charge in [0.2, 0.25) is 11.9 Å². The Kier molecular flexibility index (Phi) is 5.20. The molecule has 0 fully saturated rings. The zero-order valence-electron chi connectivity index (χ0n) is 13.0. The Morgan fingerprint density at radius 2 is 1.76 bits per heavy atom. The minimum atomic E-state index is -0.482. The number of hydrogen-bond donors (Lipinski definition) is 2. The van der Waals surface area contributed by atoms with E-state index >= 15 is 0 Å². The third kappa shape index (κ3) is 4.51. The van der Waals surface area contributed by atoms with Crippen molar-refractivity contribution in [3.8, 4) is 0 Å². The van der Waals surface area contributed by atoms with Gasteiger partial charge in [-0.05, 0) is 40.2 Å². The van der Waals surface area contributed by atoms with Gasteiger partial charge in [0.1, 0.15) is 0 Å². The number of para-hydroxylation sites is 1. The standard InChI is InChI=1S/C17H14BrN5O2/c18-13-9-5-4-8-12(13)15(24)25-10-14-21-16(19)23-17(22-14)20-11-6-2-1-3-7-11/h1-9H,10H2,(H3,19,20,21,22,23). The van der Waals surface area contributed by atoms with Crippen molar-refractivity contribution in [2.24, 2.45) is 0 Å². The maximum absolute atomic E-state index is 12.1. The van der Waals surface area contributed by atoms with Crippen LogP contribution in [0.2, 0.25) is 0 Å². The van der Waals surface area contributed by atoms with Crippen LogP contribution in [0, 0.1) is 0 Å². The maximum atomic E-state index is 12.1. The smallest absolute Gasteiger partial charge is 0.339 e. The van der Waals surface area contributed by atoms with Crippen LogP contribution in [-0.2, 0) is 11.3 Å². The van der Waals surface area contributed by atoms with Gasteiger partial charge < -0.3 is 15.8 Å². The van der Waals surface area contributed by atoms with E-state index in [-0.39, 0.29) is 24.3 Å². The lowest BCUT2D eigenvalue weighted by molar-refractivity contribution is 0.0461. The van der Waals surface area contributed by atoms with E-state index in [1.807, 2.05) is 36.4 Å². The van der Waals surface area contributed by atoms with E-state index in [4.69, 9.17) is 10.5 Å². The highest BCUT2D eigenvalue weighted by atomic mass is 79.9. The Morgan fingerprint density at radius 3 is 2.52 bits per heavy atom. The molecule has 8 heteroatoms. The lowest BCUT2D eigenvalue weighted by atomic mass is 10.2. The molecule has 0 aliphatic heterocycles. The predicted molar refractivity (Wildman–Crippen MR) is 97.2 cm³/mol. The molecule has 7 nitrogen and oxygen atoms in total. The fourth-order valence-corrected chi connectivity index (χ4v) is 2.49. The average molecular weight is 400 g/mol. The Morgan fingerprint density at radius 1 is 1.04 bits per heavy atom. The lowest BCUT2D eigenvalue weighted by Crippen LogP contribution is -2.11. The molecule has 1 aromatic heterocycles. The Balaban J connectivity index is 1.70. The minimum absolute atomic E-state index is 0.0420. The van der Waals surface area contributed by atoms with E-state index in [9.17, 15) is 4.79 Å². The number of carbonyl (C=O) groups is 1. The molecule has 3 rings (SSSR count). The molecule has 0 aliphatic rings. The van der Waals surface area contributed by atoms with Crippen LogP contribution in [0.5, 0.6) is 0 Å². The zero-order chi connectivity index (χ0) is 17.6. The molecule has 3 N–H and O–H groups in total. The van der Waals surface area contributed by atoms with Crippen molar-refractivity contribution in [3.05, 3.63) is 70.5 Å². The fourth-order valence-electron chi connectivity index (χ4n) is 2.04. The van der Waals surface area contributed by atoms with Gasteiger partial charge in [-0.25, -0.2) is 4.79 Å². The number of halogens is 1. The number of esters is 1. The van der Waals surface area contributed by atoms with Crippen LogP contribution in [0.3, 0.4) is 0 Å². The highest BCUT2D eigenvalue weighted by Crippen LogP contribution is 2.18. The van der Waals surface area contributed by atoms with E-state index in [0.29, 0.717) is 10.0 Å². The summed E-state index contributed by atoms with van der Waals surface area (Å²) in [7, 11) is 0. The van der Waals surface area contributed by atoms with E-state index in [1.54, 1.807) is 18.2 Å². The number of rotatable bonds is 5. The van der Waals surface area contributed by atoms with Gasteiger partial charge in [0.25, 0.3) is 0 Å². The van der Waals surface area contributed by atoms with Crippen molar-refractivity contribution in [1.29, 1.82) is 0 Å². The number of aromatic nitrogens is 3. The van der Waals surface area contributed by atoms with Crippen LogP contribution in [-0.4, -0.2) is 20.9 Å². The second-order valence-corrected chi connectivity index (χ2v) is 5.83. The maximum Gasteiger partial charge on any atom is 0.339 e. The van der Waals surface area contributed by atoms with Crippen molar-refractivity contribution in [1.82, 2.24) is 15.0 Å². The summed E-state index contributed by atoms with van der Waals surface area (Å²) in [5.41, 5.74) is 6.94. The third-order valence-corrected chi connectivity index (χ3v) is 3.85. The van der Waals surface area contributed by atoms with E-state index in [1.165, 1.54) is 0 Å². The number of anilines is 3. The van der Waals surface area contributed by atoms with Gasteiger partial charge in [0.05, 0.1) is 5.56 Å². The van der Waals surface area contributed by atoms with Crippen LogP contribution >= 0.6 is 15.9 Å². The monoisotopic (exact) mass is 399 g/mol. The van der Waals surface area contributed by atoms with Gasteiger partial charge in [-0.3, -0.25) is 0 Å². The van der Waals surface area contributed by atoms with E-state index in [0.717, 1.165) is 5.69 Å². The van der Waals surface area contributed by atoms with Gasteiger partial charge in [-0.2, -0.15) is 15.0 Å². The quantitative estimate of drug-likeness (QED) is 0.634. The van der Waals surface area contributed by atoms with Gasteiger partial charge >= 0.3 is 5.97 Å². The van der Waals surface area contributed by atoms with Crippen molar-refractivity contribution in [2.45, 2.75) is 6.61 Å². The number of benzene rings is 2. The topological polar surface area (TPSA) is 103 Å². The molecule has 3 aromatic rings. The summed E-state index contributed by atoms with van der Waals surface area (Å²) in [5.74, 6) is 0.0985. The minimum Gasteiger partial charge on any atom is -0.454 e. The predicted octanol–water partition coefficient (Wildman–Crippen LogP) is 3.32. The molecule has 0 spiro atoms. The summed E-state index contributed by atoms with van der Waals surface area (Å²) in [6.45, 7) is -0.115. The molecule has 0 bridgehead atoms. The normalized spacial score (nSPS) is 10.3. The number of carbonyl (C=O) groups excluding carboxylic acids is 1. The van der Waals surface area contributed by atoms with Crippen LogP contribution in [0.25, 0.3) is 0 Å². The molecular weight excluding hydrogens is 386 g/mol. The Hall–Kier alpha value is -3.00. The van der Waals surface area contributed by atoms with Crippen LogP contribution in [0.4, 0.5) is 17.6 Å². The number of nitrogens with two attached hydrogens (primary N) is 1. The summed E-state index contributed by atoms with van der Waals surface area (Å²) in [4.78, 5) is 24.4. The molecule has 0 radical (unpaired) electrons. The second-order valence-electron chi connectivity index (χ2n) is 4.98. The summed E-state index contributed by atoms with van der Waals surface area (Å²) < 4.78 is 5.90. The van der Waals surface area contributed by atoms with E-state index < -0.39 is 5.97 Å². The summed E-state index contributed by atoms with van der Waals surface area (Å²) in [6, 6.07) is 16.4. The molecule has 25 heavy (non-hydrogen) atoms. The largest absolute Gasteiger partial charge is 0.454 e. The summed E-state index contributed by atoms with van der Waals surface area (Å²) in [6.07, 6.45) is 0. The average Bonchev–Trinajstić information content (AvgIpc) is 2.60. The molecule has 1 heterocycles. The first-order chi connectivity index (χ1) is 12.1. The second kappa shape index (κ2) is 7.71. The van der Waals surface area contributed by atoms with Gasteiger partial charge in [0, 0.05) is 10.2 Å². The van der Waals surface area contributed by atoms with Crippen molar-refractivity contribution in [2.75, 3.05) is 11.1 Å². The molecule has 126 valence electrons. The zero-order valence-corrected chi connectivity index (χ0v) is 14.6. The first-order valence-corrected chi connectivity index (χ1v) is 8.15. The van der Waals surface area contributed by atoms with E-state index in [2.05, 4.69) is 36.2 Å². The molecule has 0 aliphatic carbocycles. The molecule has 0 unspecified atom stereocenters. The summed E-state index contributed by atoms with van der Waals surface area (Å²) >= 11 is 3.31.